The number of ether oxygens (including phenoxy) is 1. The van der Waals surface area contributed by atoms with Crippen LogP contribution >= 0.6 is 35.1 Å². The van der Waals surface area contributed by atoms with Crippen molar-refractivity contribution in [2.45, 2.75) is 38.1 Å². The third kappa shape index (κ3) is 4.78. The van der Waals surface area contributed by atoms with Crippen molar-refractivity contribution >= 4 is 41.0 Å². The fourth-order valence-corrected chi connectivity index (χ4v) is 4.10. The van der Waals surface area contributed by atoms with E-state index in [9.17, 15) is 4.79 Å². The second-order valence-electron chi connectivity index (χ2n) is 5.41. The molecule has 2 aromatic heterocycles. The van der Waals surface area contributed by atoms with Gasteiger partial charge in [0.15, 0.2) is 0 Å². The van der Waals surface area contributed by atoms with E-state index in [0.717, 1.165) is 12.8 Å². The molecule has 2 aromatic rings. The Morgan fingerprint density at radius 3 is 2.22 bits per heavy atom. The lowest BCUT2D eigenvalue weighted by Gasteiger charge is -2.25. The van der Waals surface area contributed by atoms with Crippen molar-refractivity contribution in [3.63, 3.8) is 0 Å². The Morgan fingerprint density at radius 2 is 1.78 bits per heavy atom. The minimum atomic E-state index is -0.339. The first kappa shape index (κ1) is 18.4. The number of rotatable bonds is 6. The summed E-state index contributed by atoms with van der Waals surface area (Å²) in [4.78, 5) is 17.1. The van der Waals surface area contributed by atoms with Crippen LogP contribution in [0, 0.1) is 0 Å². The third-order valence-electron chi connectivity index (χ3n) is 3.81. The zero-order valence-electron chi connectivity index (χ0n) is 12.7. The molecule has 0 unspecified atom stereocenters. The highest BCUT2D eigenvalue weighted by Crippen LogP contribution is 2.24. The fourth-order valence-electron chi connectivity index (χ4n) is 2.66. The molecule has 2 N–H and O–H groups in total. The number of carbonyl (C=O) groups is 1. The molecule has 1 saturated heterocycles. The summed E-state index contributed by atoms with van der Waals surface area (Å²) >= 11 is 3.36. The van der Waals surface area contributed by atoms with Gasteiger partial charge in [0, 0.05) is 16.3 Å². The molecule has 0 bridgehead atoms. The minimum absolute atomic E-state index is 0. The SMILES string of the molecule is Cl.NC[C@H]1CC[C@@H](C(=O)N(Cc2cccs2)Cc2cccs2)O1. The van der Waals surface area contributed by atoms with Crippen LogP contribution in [0.3, 0.4) is 0 Å². The Labute approximate surface area is 150 Å². The van der Waals surface area contributed by atoms with Crippen LogP contribution in [0.2, 0.25) is 0 Å². The summed E-state index contributed by atoms with van der Waals surface area (Å²) < 4.78 is 5.78. The molecule has 3 rings (SSSR count). The van der Waals surface area contributed by atoms with E-state index < -0.39 is 0 Å². The minimum Gasteiger partial charge on any atom is -0.364 e. The highest BCUT2D eigenvalue weighted by Gasteiger charge is 2.33. The highest BCUT2D eigenvalue weighted by atomic mass is 35.5. The van der Waals surface area contributed by atoms with Gasteiger partial charge in [-0.1, -0.05) is 12.1 Å². The van der Waals surface area contributed by atoms with Gasteiger partial charge in [-0.3, -0.25) is 4.79 Å². The van der Waals surface area contributed by atoms with Gasteiger partial charge in [0.25, 0.3) is 5.91 Å². The summed E-state index contributed by atoms with van der Waals surface area (Å²) in [5, 5.41) is 4.08. The molecule has 0 spiro atoms. The Balaban J connectivity index is 0.00000192. The van der Waals surface area contributed by atoms with Gasteiger partial charge in [0.05, 0.1) is 19.2 Å². The smallest absolute Gasteiger partial charge is 0.252 e. The molecule has 0 aromatic carbocycles. The molecular weight excluding hydrogens is 352 g/mol. The van der Waals surface area contributed by atoms with Crippen molar-refractivity contribution in [1.82, 2.24) is 4.90 Å². The molecule has 2 atom stereocenters. The van der Waals surface area contributed by atoms with E-state index in [-0.39, 0.29) is 30.5 Å². The van der Waals surface area contributed by atoms with Gasteiger partial charge in [-0.25, -0.2) is 0 Å². The molecule has 1 fully saturated rings. The van der Waals surface area contributed by atoms with Crippen molar-refractivity contribution < 1.29 is 9.53 Å². The average molecular weight is 373 g/mol. The van der Waals surface area contributed by atoms with E-state index >= 15 is 0 Å². The molecular formula is C16H21ClN2O2S2. The molecule has 3 heterocycles. The molecule has 0 radical (unpaired) electrons. The maximum Gasteiger partial charge on any atom is 0.252 e. The molecule has 0 saturated carbocycles. The Kier molecular flexibility index (Phi) is 7.05. The van der Waals surface area contributed by atoms with Crippen molar-refractivity contribution in [2.75, 3.05) is 6.54 Å². The summed E-state index contributed by atoms with van der Waals surface area (Å²) in [6, 6.07) is 8.17. The molecule has 126 valence electrons. The van der Waals surface area contributed by atoms with Crippen LogP contribution in [-0.2, 0) is 22.6 Å². The van der Waals surface area contributed by atoms with E-state index in [2.05, 4.69) is 12.1 Å². The largest absolute Gasteiger partial charge is 0.364 e. The Bertz CT molecular complexity index is 553. The van der Waals surface area contributed by atoms with E-state index in [1.165, 1.54) is 9.75 Å². The third-order valence-corrected chi connectivity index (χ3v) is 5.53. The summed E-state index contributed by atoms with van der Waals surface area (Å²) in [6.07, 6.45) is 1.33. The van der Waals surface area contributed by atoms with Gasteiger partial charge >= 0.3 is 0 Å². The van der Waals surface area contributed by atoms with Gasteiger partial charge in [0.2, 0.25) is 0 Å². The van der Waals surface area contributed by atoms with Crippen LogP contribution in [0.4, 0.5) is 0 Å². The van der Waals surface area contributed by atoms with Gasteiger partial charge < -0.3 is 15.4 Å². The Morgan fingerprint density at radius 1 is 1.17 bits per heavy atom. The summed E-state index contributed by atoms with van der Waals surface area (Å²) in [5.41, 5.74) is 5.65. The van der Waals surface area contributed by atoms with Gasteiger partial charge in [-0.05, 0) is 35.7 Å². The first-order chi connectivity index (χ1) is 10.8. The van der Waals surface area contributed by atoms with Crippen molar-refractivity contribution in [3.8, 4) is 0 Å². The van der Waals surface area contributed by atoms with Crippen molar-refractivity contribution in [1.29, 1.82) is 0 Å². The van der Waals surface area contributed by atoms with Crippen LogP contribution in [-0.4, -0.2) is 29.6 Å². The van der Waals surface area contributed by atoms with Crippen molar-refractivity contribution in [2.24, 2.45) is 5.73 Å². The number of hydrogen-bond donors (Lipinski definition) is 1. The number of carbonyl (C=O) groups excluding carboxylic acids is 1. The molecule has 23 heavy (non-hydrogen) atoms. The number of nitrogens with two attached hydrogens (primary N) is 1. The maximum absolute atomic E-state index is 12.8. The molecule has 1 aliphatic heterocycles. The first-order valence-corrected chi connectivity index (χ1v) is 9.21. The number of hydrogen-bond acceptors (Lipinski definition) is 5. The molecule has 1 aliphatic rings. The average Bonchev–Trinajstić information content (AvgIpc) is 3.28. The molecule has 1 amide bonds. The lowest BCUT2D eigenvalue weighted by Crippen LogP contribution is -2.38. The normalized spacial score (nSPS) is 20.2. The van der Waals surface area contributed by atoms with Crippen LogP contribution in [0.25, 0.3) is 0 Å². The second kappa shape index (κ2) is 8.80. The molecule has 7 heteroatoms. The first-order valence-electron chi connectivity index (χ1n) is 7.45. The van der Waals surface area contributed by atoms with Gasteiger partial charge in [0.1, 0.15) is 6.10 Å². The predicted octanol–water partition coefficient (Wildman–Crippen LogP) is 3.27. The highest BCUT2D eigenvalue weighted by molar-refractivity contribution is 7.10. The van der Waals surface area contributed by atoms with E-state index in [1.807, 2.05) is 27.8 Å². The number of amides is 1. The van der Waals surface area contributed by atoms with E-state index in [4.69, 9.17) is 10.5 Å². The monoisotopic (exact) mass is 372 g/mol. The second-order valence-corrected chi connectivity index (χ2v) is 7.48. The fraction of sp³-hybridized carbons (Fsp3) is 0.438. The number of nitrogens with zero attached hydrogens (tertiary/aromatic N) is 1. The van der Waals surface area contributed by atoms with Crippen LogP contribution < -0.4 is 5.73 Å². The van der Waals surface area contributed by atoms with E-state index in [1.54, 1.807) is 22.7 Å². The number of halogens is 1. The number of thiophene rings is 2. The van der Waals surface area contributed by atoms with Crippen molar-refractivity contribution in [3.05, 3.63) is 44.8 Å². The van der Waals surface area contributed by atoms with Gasteiger partial charge in [-0.2, -0.15) is 0 Å². The predicted molar refractivity (Wildman–Crippen MR) is 97.1 cm³/mol. The lowest BCUT2D eigenvalue weighted by molar-refractivity contribution is -0.144. The zero-order valence-corrected chi connectivity index (χ0v) is 15.2. The topological polar surface area (TPSA) is 55.6 Å². The van der Waals surface area contributed by atoms with Crippen LogP contribution in [0.1, 0.15) is 22.6 Å². The van der Waals surface area contributed by atoms with E-state index in [0.29, 0.717) is 19.6 Å². The van der Waals surface area contributed by atoms with Crippen LogP contribution in [0.5, 0.6) is 0 Å². The van der Waals surface area contributed by atoms with Crippen LogP contribution in [0.15, 0.2) is 35.0 Å². The lowest BCUT2D eigenvalue weighted by atomic mass is 10.1. The maximum atomic E-state index is 12.8. The zero-order chi connectivity index (χ0) is 15.4. The summed E-state index contributed by atoms with van der Waals surface area (Å²) in [6.45, 7) is 1.77. The standard InChI is InChI=1S/C16H20N2O2S2.ClH/c17-9-12-5-6-15(20-12)16(19)18(10-13-3-1-7-21-13)11-14-4-2-8-22-14;/h1-4,7-8,12,15H,5-6,9-11,17H2;1H/t12-,15+;/m1./s1. The summed E-state index contributed by atoms with van der Waals surface area (Å²) in [7, 11) is 0. The molecule has 4 nitrogen and oxygen atoms in total. The van der Waals surface area contributed by atoms with Gasteiger partial charge in [-0.15, -0.1) is 35.1 Å². The summed E-state index contributed by atoms with van der Waals surface area (Å²) in [5.74, 6) is 0.0813. The quantitative estimate of drug-likeness (QED) is 0.846. The Hall–Kier alpha value is -0.920. The molecule has 0 aliphatic carbocycles.